The van der Waals surface area contributed by atoms with Gasteiger partial charge in [-0.3, -0.25) is 0 Å². The summed E-state index contributed by atoms with van der Waals surface area (Å²) in [6.07, 6.45) is 7.28. The Morgan fingerprint density at radius 1 is 1.37 bits per heavy atom. The number of nitrogens with one attached hydrogen (secondary N) is 1. The van der Waals surface area contributed by atoms with Crippen LogP contribution in [0.2, 0.25) is 0 Å². The van der Waals surface area contributed by atoms with Gasteiger partial charge in [0.2, 0.25) is 0 Å². The number of aryl methyl sites for hydroxylation is 2. The summed E-state index contributed by atoms with van der Waals surface area (Å²) in [5, 5.41) is 5.07. The third-order valence-electron chi connectivity index (χ3n) is 4.23. The number of ether oxygens (including phenoxy) is 1. The minimum atomic E-state index is 0.458. The quantitative estimate of drug-likeness (QED) is 0.900. The highest BCUT2D eigenvalue weighted by Gasteiger charge is 2.29. The Morgan fingerprint density at radius 2 is 2.21 bits per heavy atom. The van der Waals surface area contributed by atoms with Crippen molar-refractivity contribution in [3.8, 4) is 0 Å². The van der Waals surface area contributed by atoms with Crippen LogP contribution in [0.3, 0.4) is 0 Å². The molecule has 0 saturated carbocycles. The maximum atomic E-state index is 5.51. The van der Waals surface area contributed by atoms with E-state index in [0.717, 1.165) is 19.8 Å². The van der Waals surface area contributed by atoms with Crippen LogP contribution < -0.4 is 5.32 Å². The van der Waals surface area contributed by atoms with Gasteiger partial charge in [0.1, 0.15) is 5.01 Å². The summed E-state index contributed by atoms with van der Waals surface area (Å²) < 4.78 is 5.51. The van der Waals surface area contributed by atoms with Gasteiger partial charge in [-0.15, -0.1) is 11.3 Å². The van der Waals surface area contributed by atoms with Crippen molar-refractivity contribution in [2.75, 3.05) is 19.8 Å². The van der Waals surface area contributed by atoms with Gasteiger partial charge in [0, 0.05) is 18.1 Å². The monoisotopic (exact) mass is 280 g/mol. The molecule has 2 aliphatic rings. The van der Waals surface area contributed by atoms with Crippen molar-refractivity contribution in [3.05, 3.63) is 15.6 Å². The van der Waals surface area contributed by atoms with E-state index in [4.69, 9.17) is 9.72 Å². The van der Waals surface area contributed by atoms with Gasteiger partial charge in [-0.1, -0.05) is 6.92 Å². The minimum Gasteiger partial charge on any atom is -0.381 e. The van der Waals surface area contributed by atoms with Crippen molar-refractivity contribution >= 4 is 11.3 Å². The van der Waals surface area contributed by atoms with Crippen molar-refractivity contribution in [3.63, 3.8) is 0 Å². The van der Waals surface area contributed by atoms with Crippen LogP contribution in [0.5, 0.6) is 0 Å². The first-order valence-electron chi connectivity index (χ1n) is 7.68. The smallest absolute Gasteiger partial charge is 0.110 e. The summed E-state index contributed by atoms with van der Waals surface area (Å²) in [5.41, 5.74) is 1.38. The van der Waals surface area contributed by atoms with Crippen molar-refractivity contribution in [1.29, 1.82) is 0 Å². The number of fused-ring (bicyclic) bond motifs is 1. The molecule has 4 heteroatoms. The van der Waals surface area contributed by atoms with E-state index in [-0.39, 0.29) is 0 Å². The zero-order chi connectivity index (χ0) is 13.1. The van der Waals surface area contributed by atoms with Crippen molar-refractivity contribution in [2.24, 2.45) is 5.92 Å². The van der Waals surface area contributed by atoms with Gasteiger partial charge in [-0.25, -0.2) is 4.98 Å². The fourth-order valence-electron chi connectivity index (χ4n) is 3.15. The maximum absolute atomic E-state index is 5.51. The number of rotatable bonds is 5. The van der Waals surface area contributed by atoms with Crippen molar-refractivity contribution in [1.82, 2.24) is 10.3 Å². The van der Waals surface area contributed by atoms with Crippen molar-refractivity contribution in [2.45, 2.75) is 51.5 Å². The molecule has 1 saturated heterocycles. The lowest BCUT2D eigenvalue weighted by molar-refractivity contribution is 0.0536. The summed E-state index contributed by atoms with van der Waals surface area (Å²) in [4.78, 5) is 6.48. The lowest BCUT2D eigenvalue weighted by Gasteiger charge is -2.29. The van der Waals surface area contributed by atoms with E-state index in [9.17, 15) is 0 Å². The van der Waals surface area contributed by atoms with E-state index >= 15 is 0 Å². The Hall–Kier alpha value is -0.450. The van der Waals surface area contributed by atoms with Crippen LogP contribution in [0.1, 0.15) is 54.2 Å². The first-order chi connectivity index (χ1) is 9.38. The fraction of sp³-hybridized carbons (Fsp3) is 0.800. The number of hydrogen-bond donors (Lipinski definition) is 1. The molecule has 3 nitrogen and oxygen atoms in total. The minimum absolute atomic E-state index is 0.458. The Balaban J connectivity index is 1.76. The molecular formula is C15H24N2OS. The maximum Gasteiger partial charge on any atom is 0.110 e. The van der Waals surface area contributed by atoms with Gasteiger partial charge in [-0.2, -0.15) is 0 Å². The van der Waals surface area contributed by atoms with Crippen LogP contribution in [-0.2, 0) is 17.6 Å². The van der Waals surface area contributed by atoms with Crippen LogP contribution >= 0.6 is 11.3 Å². The predicted molar refractivity (Wildman–Crippen MR) is 78.7 cm³/mol. The lowest BCUT2D eigenvalue weighted by atomic mass is 9.92. The Bertz CT molecular complexity index is 391. The molecule has 19 heavy (non-hydrogen) atoms. The molecule has 1 N–H and O–H groups in total. The highest BCUT2D eigenvalue weighted by Crippen LogP contribution is 2.36. The summed E-state index contributed by atoms with van der Waals surface area (Å²) in [6, 6.07) is 0.458. The first kappa shape index (κ1) is 13.5. The fourth-order valence-corrected chi connectivity index (χ4v) is 4.47. The van der Waals surface area contributed by atoms with E-state index in [1.807, 2.05) is 11.3 Å². The summed E-state index contributed by atoms with van der Waals surface area (Å²) in [7, 11) is 0. The summed E-state index contributed by atoms with van der Waals surface area (Å²) in [6.45, 7) is 5.16. The molecule has 1 aromatic rings. The molecule has 1 aromatic heterocycles. The van der Waals surface area contributed by atoms with Gasteiger partial charge in [-0.05, 0) is 51.0 Å². The van der Waals surface area contributed by atoms with E-state index in [1.54, 1.807) is 4.88 Å². The average Bonchev–Trinajstić information content (AvgIpc) is 3.02. The van der Waals surface area contributed by atoms with Crippen molar-refractivity contribution < 1.29 is 4.74 Å². The second kappa shape index (κ2) is 6.33. The summed E-state index contributed by atoms with van der Waals surface area (Å²) in [5.74, 6) is 0.701. The number of nitrogens with zero attached hydrogens (tertiary/aromatic N) is 1. The SMILES string of the molecule is CCCNC(c1nc2c(s1)CCC2)C1CCOCC1. The Labute approximate surface area is 119 Å². The molecule has 1 aliphatic heterocycles. The van der Waals surface area contributed by atoms with Crippen LogP contribution in [-0.4, -0.2) is 24.7 Å². The average molecular weight is 280 g/mol. The highest BCUT2D eigenvalue weighted by molar-refractivity contribution is 7.11. The third-order valence-corrected chi connectivity index (χ3v) is 5.47. The van der Waals surface area contributed by atoms with Gasteiger partial charge in [0.05, 0.1) is 11.7 Å². The summed E-state index contributed by atoms with van der Waals surface area (Å²) >= 11 is 1.96. The number of thiazole rings is 1. The molecule has 0 radical (unpaired) electrons. The molecule has 1 unspecified atom stereocenters. The van der Waals surface area contributed by atoms with Gasteiger partial charge < -0.3 is 10.1 Å². The highest BCUT2D eigenvalue weighted by atomic mass is 32.1. The largest absolute Gasteiger partial charge is 0.381 e. The van der Waals surface area contributed by atoms with E-state index in [0.29, 0.717) is 12.0 Å². The van der Waals surface area contributed by atoms with Gasteiger partial charge in [0.15, 0.2) is 0 Å². The molecule has 1 atom stereocenters. The molecule has 3 rings (SSSR count). The zero-order valence-corrected chi connectivity index (χ0v) is 12.6. The second-order valence-electron chi connectivity index (χ2n) is 5.66. The Morgan fingerprint density at radius 3 is 2.95 bits per heavy atom. The standard InChI is InChI=1S/C15H24N2OS/c1-2-8-16-14(11-6-9-18-10-7-11)15-17-12-4-3-5-13(12)19-15/h11,14,16H,2-10H2,1H3. The van der Waals surface area contributed by atoms with Crippen LogP contribution in [0.25, 0.3) is 0 Å². The molecule has 0 amide bonds. The van der Waals surface area contributed by atoms with Gasteiger partial charge >= 0.3 is 0 Å². The topological polar surface area (TPSA) is 34.2 Å². The zero-order valence-electron chi connectivity index (χ0n) is 11.8. The Kier molecular flexibility index (Phi) is 4.51. The molecule has 0 spiro atoms. The van der Waals surface area contributed by atoms with Gasteiger partial charge in [0.25, 0.3) is 0 Å². The molecule has 106 valence electrons. The van der Waals surface area contributed by atoms with Crippen LogP contribution in [0.15, 0.2) is 0 Å². The number of aromatic nitrogens is 1. The lowest BCUT2D eigenvalue weighted by Crippen LogP contribution is -2.32. The third kappa shape index (κ3) is 3.01. The normalized spacial score (nSPS) is 21.5. The number of hydrogen-bond acceptors (Lipinski definition) is 4. The molecule has 1 aliphatic carbocycles. The first-order valence-corrected chi connectivity index (χ1v) is 8.49. The van der Waals surface area contributed by atoms with E-state index in [2.05, 4.69) is 12.2 Å². The molecule has 2 heterocycles. The van der Waals surface area contributed by atoms with Crippen LogP contribution in [0.4, 0.5) is 0 Å². The molecule has 1 fully saturated rings. The molecule has 0 bridgehead atoms. The van der Waals surface area contributed by atoms with E-state index in [1.165, 1.54) is 49.2 Å². The van der Waals surface area contributed by atoms with E-state index < -0.39 is 0 Å². The second-order valence-corrected chi connectivity index (χ2v) is 6.77. The molecule has 0 aromatic carbocycles. The predicted octanol–water partition coefficient (Wildman–Crippen LogP) is 3.10. The van der Waals surface area contributed by atoms with Crippen LogP contribution in [0, 0.1) is 5.92 Å². The molecular weight excluding hydrogens is 256 g/mol.